The van der Waals surface area contributed by atoms with Gasteiger partial charge in [-0.3, -0.25) is 13.9 Å². The first-order valence-electron chi connectivity index (χ1n) is 12.0. The molecule has 2 amide bonds. The van der Waals surface area contributed by atoms with Gasteiger partial charge in [0.15, 0.2) is 0 Å². The second-order valence-electron chi connectivity index (χ2n) is 8.89. The summed E-state index contributed by atoms with van der Waals surface area (Å²) < 4.78 is 28.7. The minimum absolute atomic E-state index is 0.0746. The van der Waals surface area contributed by atoms with Crippen molar-refractivity contribution in [1.82, 2.24) is 10.2 Å². The number of halogens is 1. The second-order valence-corrected chi connectivity index (χ2v) is 11.2. The number of anilines is 1. The first-order valence-corrected chi connectivity index (χ1v) is 13.8. The maximum absolute atomic E-state index is 13.8. The summed E-state index contributed by atoms with van der Waals surface area (Å²) in [4.78, 5) is 28.0. The van der Waals surface area contributed by atoms with E-state index in [2.05, 4.69) is 5.32 Å². The number of amides is 2. The number of hydrogen-bond acceptors (Lipinski definition) is 4. The summed E-state index contributed by atoms with van der Waals surface area (Å²) in [5.74, 6) is -0.850. The minimum Gasteiger partial charge on any atom is -0.355 e. The summed E-state index contributed by atoms with van der Waals surface area (Å²) in [6.07, 6.45) is 0. The molecule has 0 saturated carbocycles. The lowest BCUT2D eigenvalue weighted by molar-refractivity contribution is -0.139. The van der Waals surface area contributed by atoms with E-state index in [0.29, 0.717) is 17.3 Å². The van der Waals surface area contributed by atoms with E-state index < -0.39 is 28.5 Å². The number of carbonyl (C=O) groups excluding carboxylic acids is 2. The number of aryl methyl sites for hydroxylation is 2. The van der Waals surface area contributed by atoms with Crippen LogP contribution in [0.4, 0.5) is 5.69 Å². The fraction of sp³-hybridized carbons (Fsp3) is 0.286. The van der Waals surface area contributed by atoms with Gasteiger partial charge in [-0.2, -0.15) is 0 Å². The molecule has 0 heterocycles. The quantitative estimate of drug-likeness (QED) is 0.403. The number of likely N-dealkylation sites (N-methyl/N-ethyl adjacent to an activating group) is 1. The minimum atomic E-state index is -4.09. The van der Waals surface area contributed by atoms with Crippen molar-refractivity contribution in [2.24, 2.45) is 0 Å². The van der Waals surface area contributed by atoms with Gasteiger partial charge >= 0.3 is 0 Å². The standard InChI is InChI=1S/C28H32ClN3O4S/c1-5-30-28(34)22(4)31(18-23-9-7-10-24(29)17-23)27(33)19-32(25-11-6-8-21(3)16-25)37(35,36)26-14-12-20(2)13-15-26/h6-17,22H,5,18-19H2,1-4H3,(H,30,34)/t22-/m0/s1. The lowest BCUT2D eigenvalue weighted by Gasteiger charge is -2.32. The Bertz CT molecular complexity index is 1360. The molecule has 0 bridgehead atoms. The Morgan fingerprint density at radius 2 is 1.62 bits per heavy atom. The molecule has 9 heteroatoms. The maximum atomic E-state index is 13.8. The molecule has 0 unspecified atom stereocenters. The van der Waals surface area contributed by atoms with Crippen LogP contribution in [0.3, 0.4) is 0 Å². The zero-order chi connectivity index (χ0) is 27.2. The van der Waals surface area contributed by atoms with Gasteiger partial charge in [-0.15, -0.1) is 0 Å². The fourth-order valence-electron chi connectivity index (χ4n) is 3.89. The molecule has 0 aliphatic carbocycles. The van der Waals surface area contributed by atoms with Crippen molar-refractivity contribution in [2.75, 3.05) is 17.4 Å². The van der Waals surface area contributed by atoms with Gasteiger partial charge in [-0.05, 0) is 75.2 Å². The fourth-order valence-corrected chi connectivity index (χ4v) is 5.50. The van der Waals surface area contributed by atoms with Crippen molar-refractivity contribution in [3.63, 3.8) is 0 Å². The lowest BCUT2D eigenvalue weighted by atomic mass is 10.1. The first kappa shape index (κ1) is 28.2. The number of hydrogen-bond donors (Lipinski definition) is 1. The highest BCUT2D eigenvalue weighted by atomic mass is 35.5. The number of sulfonamides is 1. The van der Waals surface area contributed by atoms with Gasteiger partial charge in [-0.25, -0.2) is 8.42 Å². The monoisotopic (exact) mass is 541 g/mol. The van der Waals surface area contributed by atoms with Gasteiger partial charge in [0, 0.05) is 18.1 Å². The molecule has 3 aromatic carbocycles. The van der Waals surface area contributed by atoms with Crippen LogP contribution in [0, 0.1) is 13.8 Å². The zero-order valence-electron chi connectivity index (χ0n) is 21.4. The molecule has 3 rings (SSSR count). The van der Waals surface area contributed by atoms with Crippen LogP contribution < -0.4 is 9.62 Å². The summed E-state index contributed by atoms with van der Waals surface area (Å²) in [5.41, 5.74) is 2.85. The third kappa shape index (κ3) is 7.11. The van der Waals surface area contributed by atoms with Crippen molar-refractivity contribution in [3.8, 4) is 0 Å². The van der Waals surface area contributed by atoms with Crippen LogP contribution in [0.5, 0.6) is 0 Å². The molecule has 3 aromatic rings. The van der Waals surface area contributed by atoms with Crippen LogP contribution >= 0.6 is 11.6 Å². The third-order valence-corrected chi connectivity index (χ3v) is 7.96. The Hall–Kier alpha value is -3.36. The van der Waals surface area contributed by atoms with Gasteiger partial charge in [0.2, 0.25) is 11.8 Å². The molecular formula is C28H32ClN3O4S. The van der Waals surface area contributed by atoms with Gasteiger partial charge < -0.3 is 10.2 Å². The number of rotatable bonds is 10. The number of benzene rings is 3. The highest BCUT2D eigenvalue weighted by Crippen LogP contribution is 2.26. The van der Waals surface area contributed by atoms with E-state index in [4.69, 9.17) is 11.6 Å². The third-order valence-electron chi connectivity index (χ3n) is 5.94. The van der Waals surface area contributed by atoms with Crippen LogP contribution in [0.2, 0.25) is 5.02 Å². The summed E-state index contributed by atoms with van der Waals surface area (Å²) in [6, 6.07) is 19.6. The van der Waals surface area contributed by atoms with Crippen molar-refractivity contribution < 1.29 is 18.0 Å². The molecule has 0 aliphatic heterocycles. The highest BCUT2D eigenvalue weighted by molar-refractivity contribution is 7.92. The Kier molecular flexibility index (Phi) is 9.34. The molecule has 1 atom stereocenters. The number of nitrogens with zero attached hydrogens (tertiary/aromatic N) is 2. The molecule has 0 aliphatic rings. The van der Waals surface area contributed by atoms with Crippen molar-refractivity contribution in [1.29, 1.82) is 0 Å². The summed E-state index contributed by atoms with van der Waals surface area (Å²) in [7, 11) is -4.09. The second kappa shape index (κ2) is 12.3. The van der Waals surface area contributed by atoms with Crippen molar-refractivity contribution in [3.05, 3.63) is 94.5 Å². The molecule has 0 spiro atoms. The number of carbonyl (C=O) groups is 2. The lowest BCUT2D eigenvalue weighted by Crippen LogP contribution is -2.51. The SMILES string of the molecule is CCNC(=O)[C@H](C)N(Cc1cccc(Cl)c1)C(=O)CN(c1cccc(C)c1)S(=O)(=O)c1ccc(C)cc1. The maximum Gasteiger partial charge on any atom is 0.264 e. The van der Waals surface area contributed by atoms with Crippen LogP contribution in [-0.4, -0.2) is 44.3 Å². The Morgan fingerprint density at radius 3 is 2.24 bits per heavy atom. The molecule has 0 radical (unpaired) electrons. The molecule has 196 valence electrons. The molecule has 1 N–H and O–H groups in total. The van der Waals surface area contributed by atoms with E-state index in [9.17, 15) is 18.0 Å². The van der Waals surface area contributed by atoms with E-state index in [1.807, 2.05) is 19.9 Å². The predicted molar refractivity (Wildman–Crippen MR) is 147 cm³/mol. The van der Waals surface area contributed by atoms with E-state index >= 15 is 0 Å². The summed E-state index contributed by atoms with van der Waals surface area (Å²) in [6.45, 7) is 7.15. The molecule has 0 aromatic heterocycles. The molecular weight excluding hydrogens is 510 g/mol. The van der Waals surface area contributed by atoms with E-state index in [1.165, 1.54) is 17.0 Å². The van der Waals surface area contributed by atoms with Gasteiger partial charge in [-0.1, -0.05) is 53.6 Å². The van der Waals surface area contributed by atoms with Gasteiger partial charge in [0.1, 0.15) is 12.6 Å². The van der Waals surface area contributed by atoms with E-state index in [-0.39, 0.29) is 17.3 Å². The van der Waals surface area contributed by atoms with Crippen LogP contribution in [0.15, 0.2) is 77.7 Å². The normalized spacial score (nSPS) is 12.0. The van der Waals surface area contributed by atoms with Crippen LogP contribution in [0.1, 0.15) is 30.5 Å². The summed E-state index contributed by atoms with van der Waals surface area (Å²) >= 11 is 6.15. The van der Waals surface area contributed by atoms with Crippen molar-refractivity contribution >= 4 is 39.1 Å². The molecule has 0 fully saturated rings. The highest BCUT2D eigenvalue weighted by Gasteiger charge is 2.32. The summed E-state index contributed by atoms with van der Waals surface area (Å²) in [5, 5.41) is 3.24. The van der Waals surface area contributed by atoms with E-state index in [0.717, 1.165) is 21.0 Å². The van der Waals surface area contributed by atoms with Gasteiger partial charge in [0.05, 0.1) is 10.6 Å². The number of nitrogens with one attached hydrogen (secondary N) is 1. The molecule has 37 heavy (non-hydrogen) atoms. The molecule has 7 nitrogen and oxygen atoms in total. The zero-order valence-corrected chi connectivity index (χ0v) is 23.0. The van der Waals surface area contributed by atoms with Gasteiger partial charge in [0.25, 0.3) is 10.0 Å². The topological polar surface area (TPSA) is 86.8 Å². The smallest absolute Gasteiger partial charge is 0.264 e. The largest absolute Gasteiger partial charge is 0.355 e. The average molecular weight is 542 g/mol. The first-order chi connectivity index (χ1) is 17.5. The predicted octanol–water partition coefficient (Wildman–Crippen LogP) is 4.71. The Balaban J connectivity index is 2.03. The van der Waals surface area contributed by atoms with Crippen LogP contribution in [-0.2, 0) is 26.2 Å². The van der Waals surface area contributed by atoms with Crippen molar-refractivity contribution in [2.45, 2.75) is 45.2 Å². The Morgan fingerprint density at radius 1 is 0.946 bits per heavy atom. The Labute approximate surface area is 224 Å². The molecule has 0 saturated heterocycles. The van der Waals surface area contributed by atoms with E-state index in [1.54, 1.807) is 68.4 Å². The average Bonchev–Trinajstić information content (AvgIpc) is 2.85. The van der Waals surface area contributed by atoms with Crippen LogP contribution in [0.25, 0.3) is 0 Å².